The number of amides is 1. The summed E-state index contributed by atoms with van der Waals surface area (Å²) in [5, 5.41) is 2.87. The van der Waals surface area contributed by atoms with Gasteiger partial charge in [0, 0.05) is 25.7 Å². The van der Waals surface area contributed by atoms with Gasteiger partial charge in [0.2, 0.25) is 5.91 Å². The number of nitrogens with zero attached hydrogens (tertiary/aromatic N) is 3. The topological polar surface area (TPSA) is 58.1 Å². The molecule has 19 heavy (non-hydrogen) atoms. The first-order valence-electron chi connectivity index (χ1n) is 6.98. The molecule has 0 radical (unpaired) electrons. The van der Waals surface area contributed by atoms with Crippen molar-refractivity contribution in [2.75, 3.05) is 18.0 Å². The van der Waals surface area contributed by atoms with Crippen LogP contribution in [0.3, 0.4) is 0 Å². The highest BCUT2D eigenvalue weighted by atomic mass is 16.1. The van der Waals surface area contributed by atoms with Crippen molar-refractivity contribution in [3.05, 3.63) is 18.1 Å². The van der Waals surface area contributed by atoms with E-state index in [-0.39, 0.29) is 5.91 Å². The van der Waals surface area contributed by atoms with Crippen molar-refractivity contribution >= 4 is 11.7 Å². The molecule has 104 valence electrons. The van der Waals surface area contributed by atoms with E-state index in [0.717, 1.165) is 18.9 Å². The number of hydrogen-bond acceptors (Lipinski definition) is 4. The SMILES string of the molecule is CC(C)CC(=O)NCc1nccc(N2CCCC2)n1. The summed E-state index contributed by atoms with van der Waals surface area (Å²) in [5.41, 5.74) is 0. The Morgan fingerprint density at radius 3 is 2.84 bits per heavy atom. The number of carbonyl (C=O) groups is 1. The third-order valence-corrected chi connectivity index (χ3v) is 3.16. The molecule has 2 rings (SSSR count). The van der Waals surface area contributed by atoms with Crippen molar-refractivity contribution in [3.8, 4) is 0 Å². The zero-order chi connectivity index (χ0) is 13.7. The third kappa shape index (κ3) is 4.19. The van der Waals surface area contributed by atoms with Gasteiger partial charge in [0.25, 0.3) is 0 Å². The van der Waals surface area contributed by atoms with E-state index in [0.29, 0.717) is 24.7 Å². The molecule has 5 nitrogen and oxygen atoms in total. The molecule has 0 aromatic carbocycles. The van der Waals surface area contributed by atoms with E-state index in [9.17, 15) is 4.79 Å². The van der Waals surface area contributed by atoms with Gasteiger partial charge >= 0.3 is 0 Å². The van der Waals surface area contributed by atoms with Crippen LogP contribution in [0.1, 0.15) is 38.9 Å². The molecule has 0 spiro atoms. The van der Waals surface area contributed by atoms with Crippen LogP contribution in [0.4, 0.5) is 5.82 Å². The Bertz CT molecular complexity index is 427. The summed E-state index contributed by atoms with van der Waals surface area (Å²) in [7, 11) is 0. The van der Waals surface area contributed by atoms with Crippen molar-refractivity contribution in [1.82, 2.24) is 15.3 Å². The average molecular weight is 262 g/mol. The van der Waals surface area contributed by atoms with Crippen molar-refractivity contribution in [3.63, 3.8) is 0 Å². The fourth-order valence-electron chi connectivity index (χ4n) is 2.22. The Labute approximate surface area is 114 Å². The van der Waals surface area contributed by atoms with Crippen LogP contribution in [0.5, 0.6) is 0 Å². The van der Waals surface area contributed by atoms with Gasteiger partial charge in [-0.3, -0.25) is 4.79 Å². The Hall–Kier alpha value is -1.65. The Kier molecular flexibility index (Phi) is 4.71. The van der Waals surface area contributed by atoms with Crippen LogP contribution in [0, 0.1) is 5.92 Å². The predicted octanol–water partition coefficient (Wildman–Crippen LogP) is 1.74. The lowest BCUT2D eigenvalue weighted by molar-refractivity contribution is -0.121. The van der Waals surface area contributed by atoms with Crippen molar-refractivity contribution in [1.29, 1.82) is 0 Å². The number of nitrogens with one attached hydrogen (secondary N) is 1. The molecule has 0 unspecified atom stereocenters. The molecule has 1 aliphatic rings. The maximum absolute atomic E-state index is 11.6. The Morgan fingerprint density at radius 2 is 2.16 bits per heavy atom. The van der Waals surface area contributed by atoms with E-state index in [2.05, 4.69) is 20.2 Å². The summed E-state index contributed by atoms with van der Waals surface area (Å²) in [6.45, 7) is 6.60. The van der Waals surface area contributed by atoms with E-state index >= 15 is 0 Å². The Morgan fingerprint density at radius 1 is 1.42 bits per heavy atom. The van der Waals surface area contributed by atoms with Gasteiger partial charge in [0.1, 0.15) is 11.6 Å². The summed E-state index contributed by atoms with van der Waals surface area (Å²) in [6.07, 6.45) is 4.77. The summed E-state index contributed by atoms with van der Waals surface area (Å²) >= 11 is 0. The molecule has 1 aromatic rings. The van der Waals surface area contributed by atoms with Gasteiger partial charge in [-0.2, -0.15) is 0 Å². The van der Waals surface area contributed by atoms with E-state index in [4.69, 9.17) is 0 Å². The first-order chi connectivity index (χ1) is 9.15. The van der Waals surface area contributed by atoms with E-state index < -0.39 is 0 Å². The highest BCUT2D eigenvalue weighted by Crippen LogP contribution is 2.16. The molecule has 0 atom stereocenters. The molecular weight excluding hydrogens is 240 g/mol. The maximum Gasteiger partial charge on any atom is 0.220 e. The zero-order valence-corrected chi connectivity index (χ0v) is 11.7. The fourth-order valence-corrected chi connectivity index (χ4v) is 2.22. The third-order valence-electron chi connectivity index (χ3n) is 3.16. The smallest absolute Gasteiger partial charge is 0.220 e. The van der Waals surface area contributed by atoms with Crippen LogP contribution in [-0.4, -0.2) is 29.0 Å². The highest BCUT2D eigenvalue weighted by molar-refractivity contribution is 5.75. The van der Waals surface area contributed by atoms with Crippen molar-refractivity contribution < 1.29 is 4.79 Å². The minimum Gasteiger partial charge on any atom is -0.357 e. The van der Waals surface area contributed by atoms with Crippen LogP contribution in [0.15, 0.2) is 12.3 Å². The molecule has 0 aliphatic carbocycles. The van der Waals surface area contributed by atoms with Crippen LogP contribution < -0.4 is 10.2 Å². The number of aromatic nitrogens is 2. The minimum atomic E-state index is 0.0603. The quantitative estimate of drug-likeness (QED) is 0.878. The second-order valence-electron chi connectivity index (χ2n) is 5.40. The lowest BCUT2D eigenvalue weighted by Gasteiger charge is -2.16. The molecular formula is C14H22N4O. The van der Waals surface area contributed by atoms with E-state index in [1.165, 1.54) is 12.8 Å². The predicted molar refractivity (Wildman–Crippen MR) is 74.8 cm³/mol. The fraction of sp³-hybridized carbons (Fsp3) is 0.643. The molecule has 1 fully saturated rings. The lowest BCUT2D eigenvalue weighted by atomic mass is 10.1. The van der Waals surface area contributed by atoms with Gasteiger partial charge in [0.05, 0.1) is 6.54 Å². The molecule has 0 saturated carbocycles. The number of anilines is 1. The van der Waals surface area contributed by atoms with Gasteiger partial charge in [-0.1, -0.05) is 13.8 Å². The molecule has 1 aromatic heterocycles. The van der Waals surface area contributed by atoms with Crippen LogP contribution >= 0.6 is 0 Å². The van der Waals surface area contributed by atoms with Crippen LogP contribution in [-0.2, 0) is 11.3 Å². The first kappa shape index (κ1) is 13.8. The molecule has 2 heterocycles. The second-order valence-corrected chi connectivity index (χ2v) is 5.40. The number of carbonyl (C=O) groups excluding carboxylic acids is 1. The summed E-state index contributed by atoms with van der Waals surface area (Å²) < 4.78 is 0. The van der Waals surface area contributed by atoms with Crippen molar-refractivity contribution in [2.24, 2.45) is 5.92 Å². The average Bonchev–Trinajstić information content (AvgIpc) is 2.90. The van der Waals surface area contributed by atoms with E-state index in [1.54, 1.807) is 6.20 Å². The van der Waals surface area contributed by atoms with E-state index in [1.807, 2.05) is 19.9 Å². The zero-order valence-electron chi connectivity index (χ0n) is 11.7. The normalized spacial score (nSPS) is 15.0. The molecule has 1 amide bonds. The molecule has 0 bridgehead atoms. The highest BCUT2D eigenvalue weighted by Gasteiger charge is 2.14. The molecule has 1 N–H and O–H groups in total. The summed E-state index contributed by atoms with van der Waals surface area (Å²) in [5.74, 6) is 2.09. The van der Waals surface area contributed by atoms with Crippen LogP contribution in [0.25, 0.3) is 0 Å². The standard InChI is InChI=1S/C14H22N4O/c1-11(2)9-14(19)16-10-12-15-6-5-13(17-12)18-7-3-4-8-18/h5-6,11H,3-4,7-10H2,1-2H3,(H,16,19). The van der Waals surface area contributed by atoms with Crippen molar-refractivity contribution in [2.45, 2.75) is 39.7 Å². The van der Waals surface area contributed by atoms with Gasteiger partial charge in [0.15, 0.2) is 0 Å². The maximum atomic E-state index is 11.6. The molecule has 1 aliphatic heterocycles. The summed E-state index contributed by atoms with van der Waals surface area (Å²) in [6, 6.07) is 1.94. The Balaban J connectivity index is 1.90. The lowest BCUT2D eigenvalue weighted by Crippen LogP contribution is -2.26. The second kappa shape index (κ2) is 6.50. The largest absolute Gasteiger partial charge is 0.357 e. The molecule has 5 heteroatoms. The van der Waals surface area contributed by atoms with Gasteiger partial charge in [-0.05, 0) is 24.8 Å². The molecule has 1 saturated heterocycles. The minimum absolute atomic E-state index is 0.0603. The van der Waals surface area contributed by atoms with Gasteiger partial charge in [-0.15, -0.1) is 0 Å². The van der Waals surface area contributed by atoms with Gasteiger partial charge in [-0.25, -0.2) is 9.97 Å². The summed E-state index contributed by atoms with van der Waals surface area (Å²) in [4.78, 5) is 22.6. The monoisotopic (exact) mass is 262 g/mol. The first-order valence-corrected chi connectivity index (χ1v) is 6.98. The van der Waals surface area contributed by atoms with Crippen LogP contribution in [0.2, 0.25) is 0 Å². The number of hydrogen-bond donors (Lipinski definition) is 1. The van der Waals surface area contributed by atoms with Gasteiger partial charge < -0.3 is 10.2 Å². The number of rotatable bonds is 5.